The van der Waals surface area contributed by atoms with Crippen LogP contribution >= 0.6 is 0 Å². The van der Waals surface area contributed by atoms with Crippen LogP contribution in [0.3, 0.4) is 0 Å². The summed E-state index contributed by atoms with van der Waals surface area (Å²) in [6.07, 6.45) is 2.28. The summed E-state index contributed by atoms with van der Waals surface area (Å²) in [5, 5.41) is 5.00. The minimum Gasteiger partial charge on any atom is -0.336 e. The normalized spacial score (nSPS) is 17.5. The van der Waals surface area contributed by atoms with Crippen LogP contribution in [-0.2, 0) is 10.2 Å². The molecule has 1 aliphatic rings. The second-order valence-electron chi connectivity index (χ2n) is 4.13. The Balaban J connectivity index is 2.04. The number of pyridine rings is 1. The molecule has 1 saturated heterocycles. The Morgan fingerprint density at radius 3 is 2.42 bits per heavy atom. The second kappa shape index (κ2) is 5.19. The van der Waals surface area contributed by atoms with Crippen LogP contribution in [0, 0.1) is 5.82 Å². The zero-order chi connectivity index (χ0) is 14.0. The molecule has 0 aromatic carbocycles. The van der Waals surface area contributed by atoms with Gasteiger partial charge in [0.1, 0.15) is 5.82 Å². The van der Waals surface area contributed by atoms with Gasteiger partial charge in [-0.2, -0.15) is 12.7 Å². The lowest BCUT2D eigenvalue weighted by Crippen LogP contribution is -2.52. The Morgan fingerprint density at radius 1 is 1.26 bits per heavy atom. The molecule has 19 heavy (non-hydrogen) atoms. The van der Waals surface area contributed by atoms with Crippen LogP contribution in [0.1, 0.15) is 10.4 Å². The number of hydrogen-bond donors (Lipinski definition) is 1. The fourth-order valence-corrected chi connectivity index (χ4v) is 2.53. The van der Waals surface area contributed by atoms with Gasteiger partial charge in [-0.3, -0.25) is 9.78 Å². The fraction of sp³-hybridized carbons (Fsp3) is 0.400. The average Bonchev–Trinajstić information content (AvgIpc) is 2.37. The lowest BCUT2D eigenvalue weighted by molar-refractivity contribution is 0.0697. The van der Waals surface area contributed by atoms with Crippen molar-refractivity contribution in [2.45, 2.75) is 0 Å². The van der Waals surface area contributed by atoms with Crippen LogP contribution in [0.2, 0.25) is 0 Å². The molecule has 1 aromatic heterocycles. The number of nitrogens with two attached hydrogens (primary N) is 1. The first-order chi connectivity index (χ1) is 8.88. The van der Waals surface area contributed by atoms with Gasteiger partial charge in [-0.05, 0) is 6.07 Å². The third kappa shape index (κ3) is 3.25. The first-order valence-corrected chi connectivity index (χ1v) is 7.06. The number of carbonyl (C=O) groups is 1. The fourth-order valence-electron chi connectivity index (χ4n) is 1.86. The van der Waals surface area contributed by atoms with Crippen LogP contribution in [0.5, 0.6) is 0 Å². The lowest BCUT2D eigenvalue weighted by atomic mass is 10.2. The van der Waals surface area contributed by atoms with Crippen molar-refractivity contribution in [3.05, 3.63) is 29.8 Å². The molecule has 0 saturated carbocycles. The predicted octanol–water partition coefficient (Wildman–Crippen LogP) is -0.818. The molecule has 1 fully saturated rings. The Morgan fingerprint density at radius 2 is 1.89 bits per heavy atom. The first-order valence-electron chi connectivity index (χ1n) is 5.55. The number of carbonyl (C=O) groups excluding carboxylic acids is 1. The highest BCUT2D eigenvalue weighted by atomic mass is 32.2. The molecule has 2 heterocycles. The summed E-state index contributed by atoms with van der Waals surface area (Å²) >= 11 is 0. The Labute approximate surface area is 110 Å². The standard InChI is InChI=1S/C10H13FN4O3S/c11-9-5-8(6-13-7-9)10(16)14-1-3-15(4-2-14)19(12,17)18/h5-7H,1-4H2,(H2,12,17,18). The third-order valence-electron chi connectivity index (χ3n) is 2.84. The van der Waals surface area contributed by atoms with Gasteiger partial charge in [0.15, 0.2) is 0 Å². The smallest absolute Gasteiger partial charge is 0.277 e. The van der Waals surface area contributed by atoms with Gasteiger partial charge < -0.3 is 4.90 Å². The molecule has 0 bridgehead atoms. The predicted molar refractivity (Wildman–Crippen MR) is 64.8 cm³/mol. The summed E-state index contributed by atoms with van der Waals surface area (Å²) < 4.78 is 36.3. The van der Waals surface area contributed by atoms with Crippen LogP contribution in [0.4, 0.5) is 4.39 Å². The van der Waals surface area contributed by atoms with Gasteiger partial charge in [-0.1, -0.05) is 0 Å². The van der Waals surface area contributed by atoms with Gasteiger partial charge >= 0.3 is 0 Å². The molecule has 104 valence electrons. The summed E-state index contributed by atoms with van der Waals surface area (Å²) in [5.41, 5.74) is 0.143. The molecule has 0 aliphatic carbocycles. The van der Waals surface area contributed by atoms with Crippen LogP contribution < -0.4 is 5.14 Å². The number of halogens is 1. The SMILES string of the molecule is NS(=O)(=O)N1CCN(C(=O)c2cncc(F)c2)CC1. The van der Waals surface area contributed by atoms with E-state index in [0.717, 1.165) is 16.6 Å². The van der Waals surface area contributed by atoms with Gasteiger partial charge in [0.05, 0.1) is 11.8 Å². The minimum atomic E-state index is -3.72. The van der Waals surface area contributed by atoms with Crippen molar-refractivity contribution in [3.63, 3.8) is 0 Å². The van der Waals surface area contributed by atoms with E-state index < -0.39 is 16.0 Å². The van der Waals surface area contributed by atoms with Crippen LogP contribution in [-0.4, -0.2) is 54.7 Å². The molecule has 1 amide bonds. The van der Waals surface area contributed by atoms with Crippen molar-refractivity contribution in [3.8, 4) is 0 Å². The number of aromatic nitrogens is 1. The molecular weight excluding hydrogens is 275 g/mol. The summed E-state index contributed by atoms with van der Waals surface area (Å²) in [6.45, 7) is 0.693. The third-order valence-corrected chi connectivity index (χ3v) is 3.92. The highest BCUT2D eigenvalue weighted by Crippen LogP contribution is 2.10. The van der Waals surface area contributed by atoms with Gasteiger partial charge in [-0.25, -0.2) is 9.53 Å². The van der Waals surface area contributed by atoms with E-state index >= 15 is 0 Å². The Hall–Kier alpha value is -1.58. The van der Waals surface area contributed by atoms with E-state index in [1.807, 2.05) is 0 Å². The summed E-state index contributed by atoms with van der Waals surface area (Å²) in [6, 6.07) is 1.10. The van der Waals surface area contributed by atoms with E-state index in [0.29, 0.717) is 0 Å². The van der Waals surface area contributed by atoms with Gasteiger partial charge in [0.2, 0.25) is 0 Å². The van der Waals surface area contributed by atoms with Crippen molar-refractivity contribution in [1.29, 1.82) is 0 Å². The quantitative estimate of drug-likeness (QED) is 0.769. The zero-order valence-corrected chi connectivity index (χ0v) is 10.8. The van der Waals surface area contributed by atoms with Crippen LogP contribution in [0.25, 0.3) is 0 Å². The Bertz CT molecular complexity index is 584. The summed E-state index contributed by atoms with van der Waals surface area (Å²) in [5.74, 6) is -0.963. The Kier molecular flexibility index (Phi) is 3.78. The minimum absolute atomic E-state index is 0.132. The molecule has 7 nitrogen and oxygen atoms in total. The number of rotatable bonds is 2. The van der Waals surface area contributed by atoms with E-state index in [2.05, 4.69) is 4.98 Å². The average molecular weight is 288 g/mol. The molecule has 0 unspecified atom stereocenters. The first kappa shape index (κ1) is 13.8. The largest absolute Gasteiger partial charge is 0.336 e. The van der Waals surface area contributed by atoms with E-state index in [-0.39, 0.29) is 37.6 Å². The maximum absolute atomic E-state index is 13.0. The number of nitrogens with zero attached hydrogens (tertiary/aromatic N) is 3. The number of piperazine rings is 1. The molecule has 0 atom stereocenters. The highest BCUT2D eigenvalue weighted by Gasteiger charge is 2.27. The summed E-state index contributed by atoms with van der Waals surface area (Å²) in [4.78, 5) is 17.1. The molecule has 2 rings (SSSR count). The molecular formula is C10H13FN4O3S. The number of hydrogen-bond acceptors (Lipinski definition) is 4. The van der Waals surface area contributed by atoms with Crippen molar-refractivity contribution in [1.82, 2.24) is 14.2 Å². The molecule has 0 radical (unpaired) electrons. The molecule has 0 spiro atoms. The van der Waals surface area contributed by atoms with Crippen molar-refractivity contribution in [2.75, 3.05) is 26.2 Å². The molecule has 9 heteroatoms. The lowest BCUT2D eigenvalue weighted by Gasteiger charge is -2.32. The van der Waals surface area contributed by atoms with Crippen molar-refractivity contribution < 1.29 is 17.6 Å². The molecule has 1 aromatic rings. The zero-order valence-electron chi connectivity index (χ0n) is 9.99. The van der Waals surface area contributed by atoms with Gasteiger partial charge in [0, 0.05) is 32.4 Å². The molecule has 1 aliphatic heterocycles. The summed E-state index contributed by atoms with van der Waals surface area (Å²) in [7, 11) is -3.72. The second-order valence-corrected chi connectivity index (χ2v) is 5.67. The monoisotopic (exact) mass is 288 g/mol. The van der Waals surface area contributed by atoms with Gasteiger partial charge in [-0.15, -0.1) is 0 Å². The van der Waals surface area contributed by atoms with E-state index in [1.54, 1.807) is 0 Å². The van der Waals surface area contributed by atoms with E-state index in [1.165, 1.54) is 11.1 Å². The van der Waals surface area contributed by atoms with Gasteiger partial charge in [0.25, 0.3) is 16.1 Å². The van der Waals surface area contributed by atoms with Crippen molar-refractivity contribution in [2.24, 2.45) is 5.14 Å². The maximum Gasteiger partial charge on any atom is 0.277 e. The molecule has 2 N–H and O–H groups in total. The van der Waals surface area contributed by atoms with Crippen molar-refractivity contribution >= 4 is 16.1 Å². The van der Waals surface area contributed by atoms with E-state index in [4.69, 9.17) is 5.14 Å². The van der Waals surface area contributed by atoms with Crippen LogP contribution in [0.15, 0.2) is 18.5 Å². The highest BCUT2D eigenvalue weighted by molar-refractivity contribution is 7.86. The maximum atomic E-state index is 13.0. The topological polar surface area (TPSA) is 96.6 Å². The van der Waals surface area contributed by atoms with E-state index in [9.17, 15) is 17.6 Å². The number of amides is 1.